The van der Waals surface area contributed by atoms with E-state index in [9.17, 15) is 4.79 Å². The maximum absolute atomic E-state index is 11.7. The van der Waals surface area contributed by atoms with Gasteiger partial charge in [0.15, 0.2) is 17.5 Å². The summed E-state index contributed by atoms with van der Waals surface area (Å²) in [5, 5.41) is 6.43. The number of hydrogen-bond donors (Lipinski definition) is 2. The third-order valence-corrected chi connectivity index (χ3v) is 7.18. The number of nitrogens with one attached hydrogen (secondary N) is 2. The lowest BCUT2D eigenvalue weighted by atomic mass is 9.78. The van der Waals surface area contributed by atoms with Crippen molar-refractivity contribution in [3.05, 3.63) is 23.8 Å². The monoisotopic (exact) mass is 556 g/mol. The van der Waals surface area contributed by atoms with Crippen molar-refractivity contribution in [2.24, 2.45) is 10.9 Å². The third-order valence-electron chi connectivity index (χ3n) is 7.18. The Morgan fingerprint density at radius 2 is 1.84 bits per heavy atom. The second-order valence-electron chi connectivity index (χ2n) is 9.05. The number of amides is 1. The second kappa shape index (κ2) is 11.4. The molecule has 0 atom stereocenters. The first-order chi connectivity index (χ1) is 15.1. The average Bonchev–Trinajstić information content (AvgIpc) is 3.30. The largest absolute Gasteiger partial charge is 0.486 e. The minimum absolute atomic E-state index is 0. The molecule has 178 valence electrons. The fraction of sp³-hybridized carbons (Fsp3) is 0.667. The van der Waals surface area contributed by atoms with Crippen LogP contribution in [0.15, 0.2) is 23.2 Å². The molecule has 0 unspecified atom stereocenters. The van der Waals surface area contributed by atoms with Gasteiger partial charge in [-0.25, -0.2) is 0 Å². The van der Waals surface area contributed by atoms with Crippen LogP contribution < -0.4 is 20.1 Å². The van der Waals surface area contributed by atoms with Crippen LogP contribution in [0.1, 0.15) is 50.5 Å². The van der Waals surface area contributed by atoms with Gasteiger partial charge in [0, 0.05) is 45.6 Å². The number of halogens is 1. The number of nitrogens with zero attached hydrogens (tertiary/aromatic N) is 2. The molecule has 1 aromatic carbocycles. The van der Waals surface area contributed by atoms with Crippen molar-refractivity contribution < 1.29 is 14.3 Å². The minimum Gasteiger partial charge on any atom is -0.486 e. The molecule has 1 aliphatic carbocycles. The molecule has 3 aliphatic rings. The van der Waals surface area contributed by atoms with E-state index in [0.29, 0.717) is 25.6 Å². The maximum atomic E-state index is 11.7. The molecule has 0 bridgehead atoms. The Morgan fingerprint density at radius 1 is 1.16 bits per heavy atom. The fourth-order valence-electron chi connectivity index (χ4n) is 5.29. The summed E-state index contributed by atoms with van der Waals surface area (Å²) < 4.78 is 11.6. The number of aliphatic imine (C=N–C) groups is 1. The number of ether oxygens (including phenoxy) is 2. The summed E-state index contributed by atoms with van der Waals surface area (Å²) in [7, 11) is 3.58. The number of hydrogen-bond acceptors (Lipinski definition) is 4. The number of benzene rings is 1. The van der Waals surface area contributed by atoms with Crippen LogP contribution in [0, 0.1) is 5.92 Å². The molecule has 0 aromatic heterocycles. The van der Waals surface area contributed by atoms with Crippen LogP contribution in [0.4, 0.5) is 0 Å². The quantitative estimate of drug-likeness (QED) is 0.331. The van der Waals surface area contributed by atoms with Crippen molar-refractivity contribution in [3.8, 4) is 11.5 Å². The van der Waals surface area contributed by atoms with Gasteiger partial charge < -0.3 is 25.0 Å². The lowest BCUT2D eigenvalue weighted by molar-refractivity contribution is -0.121. The van der Waals surface area contributed by atoms with Gasteiger partial charge in [-0.05, 0) is 49.3 Å². The second-order valence-corrected chi connectivity index (χ2v) is 9.05. The predicted octanol–water partition coefficient (Wildman–Crippen LogP) is 3.31. The summed E-state index contributed by atoms with van der Waals surface area (Å²) in [6.07, 6.45) is 7.53. The van der Waals surface area contributed by atoms with Crippen LogP contribution in [-0.4, -0.2) is 63.7 Å². The Hall–Kier alpha value is -1.71. The smallest absolute Gasteiger partial charge is 0.220 e. The molecular formula is C24H37IN4O3. The van der Waals surface area contributed by atoms with Gasteiger partial charge in [0.25, 0.3) is 0 Å². The molecule has 2 N–H and O–H groups in total. The standard InChI is InChI=1S/C24H36N4O3.HI/c1-25-22(29)15-18-7-11-28(12-8-18)23(26-2)27-17-24(9-3-4-10-24)19-5-6-20-21(16-19)31-14-13-30-20;/h5-6,16,18H,3-4,7-15,17H2,1-2H3,(H,25,29)(H,26,27);1H. The number of carbonyl (C=O) groups excluding carboxylic acids is 1. The highest BCUT2D eigenvalue weighted by Crippen LogP contribution is 2.43. The van der Waals surface area contributed by atoms with Crippen LogP contribution >= 0.6 is 24.0 Å². The molecule has 1 amide bonds. The van der Waals surface area contributed by atoms with Crippen LogP contribution in [0.3, 0.4) is 0 Å². The Morgan fingerprint density at radius 3 is 2.50 bits per heavy atom. The zero-order valence-electron chi connectivity index (χ0n) is 19.3. The highest BCUT2D eigenvalue weighted by atomic mass is 127. The fourth-order valence-corrected chi connectivity index (χ4v) is 5.29. The SMILES string of the molecule is CN=C(NCC1(c2ccc3c(c2)OCCO3)CCCC1)N1CCC(CC(=O)NC)CC1.I. The van der Waals surface area contributed by atoms with Gasteiger partial charge in [0.1, 0.15) is 13.2 Å². The number of fused-ring (bicyclic) bond motifs is 1. The molecule has 2 fully saturated rings. The predicted molar refractivity (Wildman–Crippen MR) is 137 cm³/mol. The molecule has 1 saturated carbocycles. The highest BCUT2D eigenvalue weighted by molar-refractivity contribution is 14.0. The van der Waals surface area contributed by atoms with E-state index in [1.165, 1.54) is 31.2 Å². The van der Waals surface area contributed by atoms with Crippen molar-refractivity contribution in [2.75, 3.05) is 46.9 Å². The van der Waals surface area contributed by atoms with Crippen molar-refractivity contribution in [3.63, 3.8) is 0 Å². The van der Waals surface area contributed by atoms with Crippen LogP contribution in [0.25, 0.3) is 0 Å². The van der Waals surface area contributed by atoms with Crippen LogP contribution in [0.5, 0.6) is 11.5 Å². The topological polar surface area (TPSA) is 75.2 Å². The van der Waals surface area contributed by atoms with Gasteiger partial charge in [0.05, 0.1) is 0 Å². The summed E-state index contributed by atoms with van der Waals surface area (Å²) in [4.78, 5) is 18.6. The normalized spacial score (nSPS) is 20.4. The first kappa shape index (κ1) is 24.9. The van der Waals surface area contributed by atoms with Gasteiger partial charge in [-0.1, -0.05) is 18.9 Å². The molecule has 2 heterocycles. The van der Waals surface area contributed by atoms with E-state index in [4.69, 9.17) is 9.47 Å². The highest BCUT2D eigenvalue weighted by Gasteiger charge is 2.37. The zero-order valence-corrected chi connectivity index (χ0v) is 21.7. The van der Waals surface area contributed by atoms with E-state index in [2.05, 4.69) is 38.7 Å². The van der Waals surface area contributed by atoms with E-state index in [1.807, 2.05) is 7.05 Å². The number of rotatable bonds is 5. The lowest BCUT2D eigenvalue weighted by Crippen LogP contribution is -2.49. The van der Waals surface area contributed by atoms with E-state index in [0.717, 1.165) is 49.9 Å². The van der Waals surface area contributed by atoms with Gasteiger partial charge in [-0.3, -0.25) is 9.79 Å². The van der Waals surface area contributed by atoms with E-state index in [1.54, 1.807) is 7.05 Å². The maximum Gasteiger partial charge on any atom is 0.220 e. The zero-order chi connectivity index (χ0) is 21.7. The van der Waals surface area contributed by atoms with Crippen LogP contribution in [0.2, 0.25) is 0 Å². The minimum atomic E-state index is 0. The van der Waals surface area contributed by atoms with Gasteiger partial charge >= 0.3 is 0 Å². The van der Waals surface area contributed by atoms with E-state index in [-0.39, 0.29) is 35.3 Å². The molecule has 0 spiro atoms. The Labute approximate surface area is 208 Å². The summed E-state index contributed by atoms with van der Waals surface area (Å²) in [6.45, 7) is 3.99. The molecule has 1 aromatic rings. The number of carbonyl (C=O) groups is 1. The number of likely N-dealkylation sites (tertiary alicyclic amines) is 1. The first-order valence-electron chi connectivity index (χ1n) is 11.7. The molecular weight excluding hydrogens is 519 g/mol. The molecule has 7 nitrogen and oxygen atoms in total. The Balaban J connectivity index is 0.00000289. The average molecular weight is 556 g/mol. The van der Waals surface area contributed by atoms with Crippen molar-refractivity contribution in [1.29, 1.82) is 0 Å². The Kier molecular flexibility index (Phi) is 8.90. The summed E-state index contributed by atoms with van der Waals surface area (Å²) in [5.41, 5.74) is 1.44. The summed E-state index contributed by atoms with van der Waals surface area (Å²) in [5.74, 6) is 3.31. The molecule has 0 radical (unpaired) electrons. The number of piperidine rings is 1. The molecule has 2 aliphatic heterocycles. The molecule has 32 heavy (non-hydrogen) atoms. The molecule has 1 saturated heterocycles. The summed E-state index contributed by atoms with van der Waals surface area (Å²) in [6, 6.07) is 6.47. The molecule has 4 rings (SSSR count). The van der Waals surface area contributed by atoms with Crippen molar-refractivity contribution in [2.45, 2.75) is 50.4 Å². The van der Waals surface area contributed by atoms with Crippen molar-refractivity contribution >= 4 is 35.8 Å². The summed E-state index contributed by atoms with van der Waals surface area (Å²) >= 11 is 0. The third kappa shape index (κ3) is 5.61. The van der Waals surface area contributed by atoms with E-state index < -0.39 is 0 Å². The van der Waals surface area contributed by atoms with E-state index >= 15 is 0 Å². The van der Waals surface area contributed by atoms with Gasteiger partial charge in [-0.15, -0.1) is 24.0 Å². The molecule has 8 heteroatoms. The van der Waals surface area contributed by atoms with Gasteiger partial charge in [0.2, 0.25) is 5.91 Å². The first-order valence-corrected chi connectivity index (χ1v) is 11.7. The van der Waals surface area contributed by atoms with Crippen molar-refractivity contribution in [1.82, 2.24) is 15.5 Å². The van der Waals surface area contributed by atoms with Crippen LogP contribution in [-0.2, 0) is 10.2 Å². The Bertz CT molecular complexity index is 802. The lowest BCUT2D eigenvalue weighted by Gasteiger charge is -2.37. The van der Waals surface area contributed by atoms with Gasteiger partial charge in [-0.2, -0.15) is 0 Å². The number of guanidine groups is 1.